The van der Waals surface area contributed by atoms with E-state index in [1.807, 2.05) is 14.0 Å². The van der Waals surface area contributed by atoms with E-state index in [2.05, 4.69) is 42.3 Å². The maximum Gasteiger partial charge on any atom is 0.149 e. The molecule has 0 atom stereocenters. The molecule has 2 aromatic rings. The van der Waals surface area contributed by atoms with Crippen LogP contribution in [0.5, 0.6) is 0 Å². The third-order valence-corrected chi connectivity index (χ3v) is 4.36. The Hall–Kier alpha value is -0.950. The fourth-order valence-electron chi connectivity index (χ4n) is 1.71. The quantitative estimate of drug-likeness (QED) is 0.792. The van der Waals surface area contributed by atoms with E-state index < -0.39 is 11.6 Å². The Labute approximate surface area is 126 Å². The van der Waals surface area contributed by atoms with Crippen molar-refractivity contribution in [2.45, 2.75) is 13.5 Å². The molecule has 0 fully saturated rings. The van der Waals surface area contributed by atoms with Crippen LogP contribution < -0.4 is 5.32 Å². The molecule has 0 bridgehead atoms. The van der Waals surface area contributed by atoms with E-state index in [4.69, 9.17) is 0 Å². The molecule has 0 saturated carbocycles. The number of anilines is 1. The van der Waals surface area contributed by atoms with Crippen molar-refractivity contribution in [3.63, 3.8) is 0 Å². The van der Waals surface area contributed by atoms with Gasteiger partial charge >= 0.3 is 0 Å². The van der Waals surface area contributed by atoms with Crippen LogP contribution in [-0.2, 0) is 13.6 Å². The van der Waals surface area contributed by atoms with Crippen LogP contribution in [-0.4, -0.2) is 9.78 Å². The SMILES string of the molecule is Cc1nn(C)c(CNc2cc(Br)c(F)cc2F)c1Br. The summed E-state index contributed by atoms with van der Waals surface area (Å²) in [6.07, 6.45) is 0. The van der Waals surface area contributed by atoms with Crippen molar-refractivity contribution in [3.8, 4) is 0 Å². The highest BCUT2D eigenvalue weighted by Crippen LogP contribution is 2.25. The zero-order chi connectivity index (χ0) is 14.2. The monoisotopic (exact) mass is 393 g/mol. The van der Waals surface area contributed by atoms with Gasteiger partial charge in [-0.25, -0.2) is 8.78 Å². The largest absolute Gasteiger partial charge is 0.377 e. The normalized spacial score (nSPS) is 10.8. The number of rotatable bonds is 3. The van der Waals surface area contributed by atoms with Crippen LogP contribution in [0, 0.1) is 18.6 Å². The highest BCUT2D eigenvalue weighted by atomic mass is 79.9. The smallest absolute Gasteiger partial charge is 0.149 e. The van der Waals surface area contributed by atoms with E-state index in [1.165, 1.54) is 6.07 Å². The second-order valence-electron chi connectivity index (χ2n) is 4.07. The summed E-state index contributed by atoms with van der Waals surface area (Å²) < 4.78 is 29.5. The number of nitrogens with one attached hydrogen (secondary N) is 1. The molecule has 1 heterocycles. The van der Waals surface area contributed by atoms with E-state index in [0.29, 0.717) is 6.54 Å². The summed E-state index contributed by atoms with van der Waals surface area (Å²) in [4.78, 5) is 0. The molecule has 0 amide bonds. The summed E-state index contributed by atoms with van der Waals surface area (Å²) in [5, 5.41) is 7.17. The lowest BCUT2D eigenvalue weighted by molar-refractivity contribution is 0.580. The zero-order valence-electron chi connectivity index (χ0n) is 10.3. The molecule has 1 aromatic carbocycles. The van der Waals surface area contributed by atoms with Gasteiger partial charge in [-0.05, 0) is 44.8 Å². The lowest BCUT2D eigenvalue weighted by Crippen LogP contribution is -2.07. The van der Waals surface area contributed by atoms with Crippen LogP contribution in [0.25, 0.3) is 0 Å². The van der Waals surface area contributed by atoms with Gasteiger partial charge in [0.2, 0.25) is 0 Å². The van der Waals surface area contributed by atoms with E-state index in [1.54, 1.807) is 4.68 Å². The molecular formula is C12H11Br2F2N3. The minimum Gasteiger partial charge on any atom is -0.377 e. The highest BCUT2D eigenvalue weighted by Gasteiger charge is 2.12. The van der Waals surface area contributed by atoms with Crippen LogP contribution >= 0.6 is 31.9 Å². The van der Waals surface area contributed by atoms with Gasteiger partial charge in [0.25, 0.3) is 0 Å². The van der Waals surface area contributed by atoms with Crippen molar-refractivity contribution in [2.24, 2.45) is 7.05 Å². The van der Waals surface area contributed by atoms with Crippen molar-refractivity contribution < 1.29 is 8.78 Å². The van der Waals surface area contributed by atoms with Gasteiger partial charge in [0.15, 0.2) is 0 Å². The Morgan fingerprint density at radius 2 is 1.95 bits per heavy atom. The average molecular weight is 395 g/mol. The molecule has 0 unspecified atom stereocenters. The molecule has 19 heavy (non-hydrogen) atoms. The average Bonchev–Trinajstić information content (AvgIpc) is 2.57. The minimum absolute atomic E-state index is 0.219. The summed E-state index contributed by atoms with van der Waals surface area (Å²) in [6, 6.07) is 2.22. The Bertz CT molecular complexity index is 626. The third kappa shape index (κ3) is 2.97. The lowest BCUT2D eigenvalue weighted by atomic mass is 10.3. The van der Waals surface area contributed by atoms with Gasteiger partial charge in [-0.1, -0.05) is 0 Å². The molecule has 2 rings (SSSR count). The van der Waals surface area contributed by atoms with Gasteiger partial charge < -0.3 is 5.32 Å². The summed E-state index contributed by atoms with van der Waals surface area (Å²) in [6.45, 7) is 2.26. The Morgan fingerprint density at radius 1 is 1.26 bits per heavy atom. The zero-order valence-corrected chi connectivity index (χ0v) is 13.4. The molecule has 1 N–H and O–H groups in total. The van der Waals surface area contributed by atoms with Crippen LogP contribution in [0.2, 0.25) is 0 Å². The maximum absolute atomic E-state index is 13.6. The van der Waals surface area contributed by atoms with E-state index in [0.717, 1.165) is 21.9 Å². The number of halogens is 4. The van der Waals surface area contributed by atoms with Crippen LogP contribution in [0.1, 0.15) is 11.4 Å². The Balaban J connectivity index is 2.21. The second kappa shape index (κ2) is 5.58. The predicted molar refractivity (Wildman–Crippen MR) is 77.0 cm³/mol. The first kappa shape index (κ1) is 14.5. The molecule has 1 aromatic heterocycles. The molecule has 0 radical (unpaired) electrons. The van der Waals surface area contributed by atoms with Crippen molar-refractivity contribution in [1.82, 2.24) is 9.78 Å². The second-order valence-corrected chi connectivity index (χ2v) is 5.72. The van der Waals surface area contributed by atoms with Crippen molar-refractivity contribution in [2.75, 3.05) is 5.32 Å². The predicted octanol–water partition coefficient (Wildman–Crippen LogP) is 4.14. The Kier molecular flexibility index (Phi) is 4.25. The molecule has 7 heteroatoms. The lowest BCUT2D eigenvalue weighted by Gasteiger charge is -2.09. The summed E-state index contributed by atoms with van der Waals surface area (Å²) in [5.74, 6) is -1.25. The molecule has 0 aliphatic rings. The molecule has 0 saturated heterocycles. The fourth-order valence-corrected chi connectivity index (χ4v) is 2.53. The molecule has 3 nitrogen and oxygen atoms in total. The first-order chi connectivity index (χ1) is 8.90. The third-order valence-electron chi connectivity index (χ3n) is 2.72. The molecule has 0 aliphatic carbocycles. The van der Waals surface area contributed by atoms with Gasteiger partial charge in [-0.3, -0.25) is 4.68 Å². The number of hydrogen-bond acceptors (Lipinski definition) is 2. The van der Waals surface area contributed by atoms with Crippen LogP contribution in [0.3, 0.4) is 0 Å². The summed E-state index contributed by atoms with van der Waals surface area (Å²) >= 11 is 6.46. The van der Waals surface area contributed by atoms with Crippen molar-refractivity contribution >= 4 is 37.5 Å². The molecular weight excluding hydrogens is 384 g/mol. The van der Waals surface area contributed by atoms with Crippen molar-refractivity contribution in [3.05, 3.63) is 44.1 Å². The van der Waals surface area contributed by atoms with E-state index in [-0.39, 0.29) is 10.2 Å². The first-order valence-electron chi connectivity index (χ1n) is 5.46. The molecule has 0 aliphatic heterocycles. The summed E-state index contributed by atoms with van der Waals surface area (Å²) in [7, 11) is 1.81. The maximum atomic E-state index is 13.6. The fraction of sp³-hybridized carbons (Fsp3) is 0.250. The van der Waals surface area contributed by atoms with E-state index >= 15 is 0 Å². The van der Waals surface area contributed by atoms with Gasteiger partial charge in [-0.15, -0.1) is 0 Å². The first-order valence-corrected chi connectivity index (χ1v) is 7.05. The van der Waals surface area contributed by atoms with Crippen LogP contribution in [0.15, 0.2) is 21.1 Å². The Morgan fingerprint density at radius 3 is 2.53 bits per heavy atom. The van der Waals surface area contributed by atoms with Gasteiger partial charge in [0, 0.05) is 13.1 Å². The molecule has 102 valence electrons. The number of aromatic nitrogens is 2. The van der Waals surface area contributed by atoms with Gasteiger partial charge in [-0.2, -0.15) is 5.10 Å². The standard InChI is InChI=1S/C12H11Br2F2N3/c1-6-12(14)11(19(2)18-6)5-17-10-3-7(13)8(15)4-9(10)16/h3-4,17H,5H2,1-2H3. The topological polar surface area (TPSA) is 29.9 Å². The number of aryl methyl sites for hydroxylation is 2. The minimum atomic E-state index is -0.629. The number of nitrogens with zero attached hydrogens (tertiary/aromatic N) is 2. The highest BCUT2D eigenvalue weighted by molar-refractivity contribution is 9.10. The van der Waals surface area contributed by atoms with E-state index in [9.17, 15) is 8.78 Å². The number of hydrogen-bond donors (Lipinski definition) is 1. The van der Waals surface area contributed by atoms with Gasteiger partial charge in [0.05, 0.1) is 32.6 Å². The number of benzene rings is 1. The van der Waals surface area contributed by atoms with Crippen LogP contribution in [0.4, 0.5) is 14.5 Å². The van der Waals surface area contributed by atoms with Crippen molar-refractivity contribution in [1.29, 1.82) is 0 Å². The molecule has 0 spiro atoms. The summed E-state index contributed by atoms with van der Waals surface area (Å²) in [5.41, 5.74) is 1.98. The van der Waals surface area contributed by atoms with Gasteiger partial charge in [0.1, 0.15) is 11.6 Å².